The lowest BCUT2D eigenvalue weighted by molar-refractivity contribution is 0.290. The van der Waals surface area contributed by atoms with Gasteiger partial charge in [-0.15, -0.1) is 5.10 Å². The molecule has 0 atom stereocenters. The lowest BCUT2D eigenvalue weighted by Crippen LogP contribution is -2.18. The Bertz CT molecular complexity index is 821. The van der Waals surface area contributed by atoms with Gasteiger partial charge in [-0.05, 0) is 22.6 Å². The Morgan fingerprint density at radius 1 is 1.38 bits per heavy atom. The molecule has 0 saturated heterocycles. The van der Waals surface area contributed by atoms with E-state index >= 15 is 0 Å². The number of aryl methyl sites for hydroxylation is 1. The maximum absolute atomic E-state index is 11.6. The van der Waals surface area contributed by atoms with Crippen LogP contribution in [0.4, 0.5) is 0 Å². The number of rotatable bonds is 4. The smallest absolute Gasteiger partial charge is 0.365 e. The first-order valence-electron chi connectivity index (χ1n) is 6.06. The minimum absolute atomic E-state index is 0.158. The van der Waals surface area contributed by atoms with Crippen molar-refractivity contribution in [1.82, 2.24) is 30.0 Å². The highest BCUT2D eigenvalue weighted by atomic mass is 35.5. The first-order chi connectivity index (χ1) is 10.1. The van der Waals surface area contributed by atoms with Crippen LogP contribution in [0.25, 0.3) is 5.69 Å². The Hall–Kier alpha value is -2.61. The summed E-state index contributed by atoms with van der Waals surface area (Å²) in [5.41, 5.74) is 0.689. The summed E-state index contributed by atoms with van der Waals surface area (Å²) in [4.78, 5) is 11.6. The van der Waals surface area contributed by atoms with Crippen LogP contribution in [0.3, 0.4) is 0 Å². The molecular formula is C12H11ClN6O2. The summed E-state index contributed by atoms with van der Waals surface area (Å²) in [5.74, 6) is 0.468. The van der Waals surface area contributed by atoms with Gasteiger partial charge in [0, 0.05) is 29.9 Å². The van der Waals surface area contributed by atoms with Crippen molar-refractivity contribution in [2.75, 3.05) is 0 Å². The van der Waals surface area contributed by atoms with Crippen molar-refractivity contribution in [3.8, 4) is 11.6 Å². The maximum atomic E-state index is 11.6. The summed E-state index contributed by atoms with van der Waals surface area (Å²) in [5, 5.41) is 14.0. The minimum atomic E-state index is -0.448. The number of ether oxygens (including phenoxy) is 1. The van der Waals surface area contributed by atoms with Crippen LogP contribution in [0.1, 0.15) is 5.56 Å². The summed E-state index contributed by atoms with van der Waals surface area (Å²) in [6.07, 6.45) is 1.77. The van der Waals surface area contributed by atoms with Crippen LogP contribution < -0.4 is 10.4 Å². The Morgan fingerprint density at radius 2 is 2.24 bits per heavy atom. The van der Waals surface area contributed by atoms with Crippen LogP contribution in [0.2, 0.25) is 5.02 Å². The van der Waals surface area contributed by atoms with Gasteiger partial charge >= 0.3 is 5.69 Å². The standard InChI is InChI=1S/C12H11ClN6O2/c1-18-6-5-11(15-18)21-7-8-9(13)3-2-4-10(8)19-12(20)14-16-17-19/h2-6H,7H2,1H3,(H,14,17,20). The first-order valence-corrected chi connectivity index (χ1v) is 6.43. The van der Waals surface area contributed by atoms with Gasteiger partial charge < -0.3 is 4.74 Å². The van der Waals surface area contributed by atoms with Gasteiger partial charge in [0.1, 0.15) is 6.61 Å². The molecule has 0 aliphatic heterocycles. The molecule has 2 aromatic heterocycles. The third-order valence-corrected chi connectivity index (χ3v) is 3.20. The molecule has 108 valence electrons. The number of hydrogen-bond donors (Lipinski definition) is 1. The molecule has 3 aromatic rings. The highest BCUT2D eigenvalue weighted by Crippen LogP contribution is 2.23. The Balaban J connectivity index is 1.94. The lowest BCUT2D eigenvalue weighted by Gasteiger charge is -2.10. The number of hydrogen-bond acceptors (Lipinski definition) is 5. The highest BCUT2D eigenvalue weighted by Gasteiger charge is 2.13. The van der Waals surface area contributed by atoms with Crippen LogP contribution in [-0.4, -0.2) is 30.0 Å². The van der Waals surface area contributed by atoms with E-state index in [9.17, 15) is 4.79 Å². The molecule has 0 fully saturated rings. The fourth-order valence-corrected chi connectivity index (χ4v) is 2.08. The third kappa shape index (κ3) is 2.65. The van der Waals surface area contributed by atoms with E-state index in [0.29, 0.717) is 22.2 Å². The molecule has 0 bridgehead atoms. The number of halogens is 1. The lowest BCUT2D eigenvalue weighted by atomic mass is 10.2. The first kappa shape index (κ1) is 13.4. The zero-order chi connectivity index (χ0) is 14.8. The monoisotopic (exact) mass is 306 g/mol. The second-order valence-corrected chi connectivity index (χ2v) is 4.68. The molecule has 0 spiro atoms. The van der Waals surface area contributed by atoms with Gasteiger partial charge in [0.2, 0.25) is 5.88 Å². The van der Waals surface area contributed by atoms with Gasteiger partial charge in [0.25, 0.3) is 0 Å². The van der Waals surface area contributed by atoms with Crippen LogP contribution in [0.5, 0.6) is 5.88 Å². The number of H-pyrrole nitrogens is 1. The number of aromatic amines is 1. The largest absolute Gasteiger partial charge is 0.472 e. The summed E-state index contributed by atoms with van der Waals surface area (Å²) in [6.45, 7) is 0.158. The van der Waals surface area contributed by atoms with Gasteiger partial charge in [-0.3, -0.25) is 4.68 Å². The fraction of sp³-hybridized carbons (Fsp3) is 0.167. The molecule has 1 aromatic carbocycles. The van der Waals surface area contributed by atoms with Crippen LogP contribution in [0.15, 0.2) is 35.3 Å². The molecule has 8 nitrogen and oxygen atoms in total. The normalized spacial score (nSPS) is 10.8. The summed E-state index contributed by atoms with van der Waals surface area (Å²) >= 11 is 6.19. The molecule has 0 aliphatic rings. The number of aromatic nitrogens is 6. The van der Waals surface area contributed by atoms with E-state index in [1.54, 1.807) is 42.2 Å². The minimum Gasteiger partial charge on any atom is -0.472 e. The number of tetrazole rings is 1. The van der Waals surface area contributed by atoms with Crippen molar-refractivity contribution in [2.45, 2.75) is 6.61 Å². The predicted molar refractivity (Wildman–Crippen MR) is 74.5 cm³/mol. The Kier molecular flexibility index (Phi) is 3.44. The molecule has 3 rings (SSSR count). The summed E-state index contributed by atoms with van der Waals surface area (Å²) in [7, 11) is 1.79. The van der Waals surface area contributed by atoms with E-state index in [1.807, 2.05) is 0 Å². The molecule has 0 radical (unpaired) electrons. The highest BCUT2D eigenvalue weighted by molar-refractivity contribution is 6.31. The van der Waals surface area contributed by atoms with E-state index in [1.165, 1.54) is 0 Å². The van der Waals surface area contributed by atoms with Crippen molar-refractivity contribution in [1.29, 1.82) is 0 Å². The zero-order valence-electron chi connectivity index (χ0n) is 11.0. The van der Waals surface area contributed by atoms with Crippen molar-refractivity contribution in [3.63, 3.8) is 0 Å². The van der Waals surface area contributed by atoms with Crippen molar-refractivity contribution >= 4 is 11.6 Å². The number of nitrogens with zero attached hydrogens (tertiary/aromatic N) is 5. The Labute approximate surface area is 123 Å². The molecule has 0 unspecified atom stereocenters. The van der Waals surface area contributed by atoms with E-state index in [0.717, 1.165) is 4.68 Å². The van der Waals surface area contributed by atoms with Crippen LogP contribution in [0, 0.1) is 0 Å². The molecule has 0 aliphatic carbocycles. The third-order valence-electron chi connectivity index (χ3n) is 2.85. The quantitative estimate of drug-likeness (QED) is 0.774. The molecule has 2 heterocycles. The van der Waals surface area contributed by atoms with Crippen LogP contribution >= 0.6 is 11.6 Å². The van der Waals surface area contributed by atoms with Crippen LogP contribution in [-0.2, 0) is 13.7 Å². The number of nitrogens with one attached hydrogen (secondary N) is 1. The van der Waals surface area contributed by atoms with E-state index in [-0.39, 0.29) is 6.61 Å². The van der Waals surface area contributed by atoms with Gasteiger partial charge in [0.15, 0.2) is 0 Å². The van der Waals surface area contributed by atoms with Gasteiger partial charge in [-0.1, -0.05) is 17.7 Å². The molecule has 0 amide bonds. The van der Waals surface area contributed by atoms with Gasteiger partial charge in [0.05, 0.1) is 5.69 Å². The SMILES string of the molecule is Cn1ccc(OCc2c(Cl)cccc2-n2nn[nH]c2=O)n1. The second kappa shape index (κ2) is 5.41. The van der Waals surface area contributed by atoms with E-state index in [4.69, 9.17) is 16.3 Å². The predicted octanol–water partition coefficient (Wildman–Crippen LogP) is 0.921. The van der Waals surface area contributed by atoms with Crippen molar-refractivity contribution in [3.05, 3.63) is 51.5 Å². The van der Waals surface area contributed by atoms with E-state index < -0.39 is 5.69 Å². The summed E-state index contributed by atoms with van der Waals surface area (Å²) in [6, 6.07) is 6.89. The molecule has 1 N–H and O–H groups in total. The van der Waals surface area contributed by atoms with E-state index in [2.05, 4.69) is 20.6 Å². The fourth-order valence-electron chi connectivity index (χ4n) is 1.86. The van der Waals surface area contributed by atoms with Crippen molar-refractivity contribution in [2.24, 2.45) is 7.05 Å². The van der Waals surface area contributed by atoms with Gasteiger partial charge in [-0.2, -0.15) is 4.68 Å². The topological polar surface area (TPSA) is 90.6 Å². The second-order valence-electron chi connectivity index (χ2n) is 4.27. The molecule has 21 heavy (non-hydrogen) atoms. The molecule has 9 heteroatoms. The average molecular weight is 307 g/mol. The molecular weight excluding hydrogens is 296 g/mol. The average Bonchev–Trinajstić information content (AvgIpc) is 3.06. The summed E-state index contributed by atoms with van der Waals surface area (Å²) < 4.78 is 8.34. The zero-order valence-corrected chi connectivity index (χ0v) is 11.8. The Morgan fingerprint density at radius 3 is 2.90 bits per heavy atom. The molecule has 0 saturated carbocycles. The van der Waals surface area contributed by atoms with Crippen molar-refractivity contribution < 1.29 is 4.74 Å². The maximum Gasteiger partial charge on any atom is 0.365 e. The number of benzene rings is 1. The van der Waals surface area contributed by atoms with Gasteiger partial charge in [-0.25, -0.2) is 9.89 Å².